The van der Waals surface area contributed by atoms with Crippen LogP contribution in [0.1, 0.15) is 21.6 Å². The number of hydrogen-bond acceptors (Lipinski definition) is 5. The standard InChI is InChI=1S/C19H18N4O4/c1-13-10-18(20-19(24)15-5-3-4-14(11-15)12-27-2)22(21-13)16-6-8-17(9-7-16)23(25)26/h3-11H,12H2,1-2H3,(H,20,24). The molecule has 0 aliphatic rings. The van der Waals surface area contributed by atoms with Crippen molar-refractivity contribution in [2.75, 3.05) is 12.4 Å². The molecule has 8 nitrogen and oxygen atoms in total. The molecule has 0 spiro atoms. The monoisotopic (exact) mass is 366 g/mol. The summed E-state index contributed by atoms with van der Waals surface area (Å²) in [7, 11) is 1.60. The number of anilines is 1. The Morgan fingerprint density at radius 1 is 1.22 bits per heavy atom. The average Bonchev–Trinajstić information content (AvgIpc) is 3.02. The lowest BCUT2D eigenvalue weighted by atomic mass is 10.1. The van der Waals surface area contributed by atoms with E-state index in [1.807, 2.05) is 6.07 Å². The van der Waals surface area contributed by atoms with Crippen molar-refractivity contribution in [3.05, 3.63) is 81.5 Å². The maximum atomic E-state index is 12.6. The number of nitrogens with zero attached hydrogens (tertiary/aromatic N) is 3. The number of carbonyl (C=O) groups excluding carboxylic acids is 1. The van der Waals surface area contributed by atoms with E-state index >= 15 is 0 Å². The first-order valence-electron chi connectivity index (χ1n) is 8.18. The summed E-state index contributed by atoms with van der Waals surface area (Å²) in [6.07, 6.45) is 0. The highest BCUT2D eigenvalue weighted by Crippen LogP contribution is 2.21. The van der Waals surface area contributed by atoms with Crippen LogP contribution in [-0.2, 0) is 11.3 Å². The van der Waals surface area contributed by atoms with Gasteiger partial charge in [0.25, 0.3) is 11.6 Å². The molecule has 1 amide bonds. The second-order valence-corrected chi connectivity index (χ2v) is 5.94. The Balaban J connectivity index is 1.86. The van der Waals surface area contributed by atoms with Crippen LogP contribution in [0.5, 0.6) is 0 Å². The van der Waals surface area contributed by atoms with Gasteiger partial charge >= 0.3 is 0 Å². The lowest BCUT2D eigenvalue weighted by molar-refractivity contribution is -0.384. The fourth-order valence-electron chi connectivity index (χ4n) is 2.66. The van der Waals surface area contributed by atoms with E-state index in [1.165, 1.54) is 16.8 Å². The third kappa shape index (κ3) is 4.18. The molecule has 0 radical (unpaired) electrons. The predicted octanol–water partition coefficient (Wildman–Crippen LogP) is 3.49. The van der Waals surface area contributed by atoms with Crippen LogP contribution in [-0.4, -0.2) is 27.7 Å². The number of ether oxygens (including phenoxy) is 1. The summed E-state index contributed by atoms with van der Waals surface area (Å²) in [5.41, 5.74) is 2.70. The van der Waals surface area contributed by atoms with Crippen LogP contribution in [0.2, 0.25) is 0 Å². The molecule has 0 aliphatic carbocycles. The van der Waals surface area contributed by atoms with Crippen LogP contribution >= 0.6 is 0 Å². The molecular weight excluding hydrogens is 348 g/mol. The highest BCUT2D eigenvalue weighted by molar-refractivity contribution is 6.04. The Morgan fingerprint density at radius 2 is 1.96 bits per heavy atom. The van der Waals surface area contributed by atoms with E-state index in [9.17, 15) is 14.9 Å². The minimum Gasteiger partial charge on any atom is -0.380 e. The van der Waals surface area contributed by atoms with Gasteiger partial charge < -0.3 is 10.1 Å². The molecule has 0 saturated carbocycles. The summed E-state index contributed by atoms with van der Waals surface area (Å²) in [5, 5.41) is 18.0. The van der Waals surface area contributed by atoms with Crippen molar-refractivity contribution in [3.8, 4) is 5.69 Å². The maximum Gasteiger partial charge on any atom is 0.269 e. The minimum absolute atomic E-state index is 0.0110. The molecule has 0 aliphatic heterocycles. The molecule has 1 heterocycles. The molecular formula is C19H18N4O4. The van der Waals surface area contributed by atoms with Crippen molar-refractivity contribution in [1.82, 2.24) is 9.78 Å². The number of nitrogens with one attached hydrogen (secondary N) is 1. The minimum atomic E-state index is -0.464. The van der Waals surface area contributed by atoms with Crippen molar-refractivity contribution in [1.29, 1.82) is 0 Å². The number of hydrogen-bond donors (Lipinski definition) is 1. The maximum absolute atomic E-state index is 12.6. The number of carbonyl (C=O) groups is 1. The van der Waals surface area contributed by atoms with Gasteiger partial charge in [0.15, 0.2) is 0 Å². The zero-order valence-corrected chi connectivity index (χ0v) is 14.9. The molecule has 0 fully saturated rings. The summed E-state index contributed by atoms with van der Waals surface area (Å²) < 4.78 is 6.63. The van der Waals surface area contributed by atoms with Gasteiger partial charge in [-0.2, -0.15) is 5.10 Å². The van der Waals surface area contributed by atoms with Crippen LogP contribution in [0, 0.1) is 17.0 Å². The first-order chi connectivity index (χ1) is 13.0. The fourth-order valence-corrected chi connectivity index (χ4v) is 2.66. The second-order valence-electron chi connectivity index (χ2n) is 5.94. The lowest BCUT2D eigenvalue weighted by Gasteiger charge is -2.09. The molecule has 2 aromatic carbocycles. The lowest BCUT2D eigenvalue weighted by Crippen LogP contribution is -2.15. The first-order valence-corrected chi connectivity index (χ1v) is 8.18. The molecule has 0 bridgehead atoms. The van der Waals surface area contributed by atoms with Crippen LogP contribution < -0.4 is 5.32 Å². The van der Waals surface area contributed by atoms with Crippen molar-refractivity contribution < 1.29 is 14.5 Å². The first kappa shape index (κ1) is 18.3. The van der Waals surface area contributed by atoms with E-state index < -0.39 is 4.92 Å². The highest BCUT2D eigenvalue weighted by Gasteiger charge is 2.14. The number of nitro benzene ring substituents is 1. The van der Waals surface area contributed by atoms with Gasteiger partial charge in [-0.25, -0.2) is 4.68 Å². The van der Waals surface area contributed by atoms with Gasteiger partial charge in [-0.3, -0.25) is 14.9 Å². The highest BCUT2D eigenvalue weighted by atomic mass is 16.6. The summed E-state index contributed by atoms with van der Waals surface area (Å²) in [5.74, 6) is 0.194. The van der Waals surface area contributed by atoms with Crippen LogP contribution in [0.4, 0.5) is 11.5 Å². The van der Waals surface area contributed by atoms with Gasteiger partial charge in [0.05, 0.1) is 22.9 Å². The van der Waals surface area contributed by atoms with Crippen LogP contribution in [0.3, 0.4) is 0 Å². The molecule has 0 unspecified atom stereocenters. The number of nitro groups is 1. The molecule has 138 valence electrons. The van der Waals surface area contributed by atoms with Gasteiger partial charge in [0.1, 0.15) is 5.82 Å². The quantitative estimate of drug-likeness (QED) is 0.532. The number of aryl methyl sites for hydroxylation is 1. The molecule has 27 heavy (non-hydrogen) atoms. The zero-order chi connectivity index (χ0) is 19.4. The van der Waals surface area contributed by atoms with Crippen LogP contribution in [0.15, 0.2) is 54.6 Å². The smallest absolute Gasteiger partial charge is 0.269 e. The van der Waals surface area contributed by atoms with Crippen molar-refractivity contribution in [2.45, 2.75) is 13.5 Å². The summed E-state index contributed by atoms with van der Waals surface area (Å²) >= 11 is 0. The molecule has 1 N–H and O–H groups in total. The molecule has 1 aromatic heterocycles. The number of benzene rings is 2. The summed E-state index contributed by atoms with van der Waals surface area (Å²) in [4.78, 5) is 23.0. The Morgan fingerprint density at radius 3 is 2.63 bits per heavy atom. The molecule has 0 atom stereocenters. The van der Waals surface area contributed by atoms with Crippen molar-refractivity contribution in [2.24, 2.45) is 0 Å². The molecule has 0 saturated heterocycles. The van der Waals surface area contributed by atoms with E-state index in [4.69, 9.17) is 4.74 Å². The van der Waals surface area contributed by atoms with Gasteiger partial charge in [-0.15, -0.1) is 0 Å². The zero-order valence-electron chi connectivity index (χ0n) is 14.9. The Bertz CT molecular complexity index is 980. The second kappa shape index (κ2) is 7.79. The third-order valence-electron chi connectivity index (χ3n) is 3.88. The predicted molar refractivity (Wildman–Crippen MR) is 100 cm³/mol. The van der Waals surface area contributed by atoms with Crippen molar-refractivity contribution in [3.63, 3.8) is 0 Å². The van der Waals surface area contributed by atoms with Gasteiger partial charge in [0.2, 0.25) is 0 Å². The Labute approximate surface area is 155 Å². The number of rotatable bonds is 6. The van der Waals surface area contributed by atoms with Gasteiger partial charge in [-0.05, 0) is 36.8 Å². The fraction of sp³-hybridized carbons (Fsp3) is 0.158. The Kier molecular flexibility index (Phi) is 5.28. The van der Waals surface area contributed by atoms with E-state index in [1.54, 1.807) is 50.4 Å². The van der Waals surface area contributed by atoms with E-state index in [-0.39, 0.29) is 11.6 Å². The number of methoxy groups -OCH3 is 1. The van der Waals surface area contributed by atoms with Gasteiger partial charge in [-0.1, -0.05) is 12.1 Å². The van der Waals surface area contributed by atoms with E-state index in [0.717, 1.165) is 5.56 Å². The summed E-state index contributed by atoms with van der Waals surface area (Å²) in [6.45, 7) is 2.22. The van der Waals surface area contributed by atoms with Gasteiger partial charge in [0, 0.05) is 30.9 Å². The number of aromatic nitrogens is 2. The van der Waals surface area contributed by atoms with E-state index in [0.29, 0.717) is 29.4 Å². The SMILES string of the molecule is COCc1cccc(C(=O)Nc2cc(C)nn2-c2ccc([N+](=O)[O-])cc2)c1. The summed E-state index contributed by atoms with van der Waals surface area (Å²) in [6, 6.07) is 14.8. The number of amides is 1. The average molecular weight is 366 g/mol. The number of non-ortho nitro benzene ring substituents is 1. The molecule has 8 heteroatoms. The molecule has 3 aromatic rings. The normalized spacial score (nSPS) is 10.6. The third-order valence-corrected chi connectivity index (χ3v) is 3.88. The largest absolute Gasteiger partial charge is 0.380 e. The molecule has 3 rings (SSSR count). The Hall–Kier alpha value is -3.52. The van der Waals surface area contributed by atoms with Crippen molar-refractivity contribution >= 4 is 17.4 Å². The van der Waals surface area contributed by atoms with E-state index in [2.05, 4.69) is 10.4 Å². The van der Waals surface area contributed by atoms with Crippen LogP contribution in [0.25, 0.3) is 5.69 Å². The topological polar surface area (TPSA) is 99.3 Å².